The van der Waals surface area contributed by atoms with Crippen LogP contribution in [0.25, 0.3) is 0 Å². The van der Waals surface area contributed by atoms with Crippen molar-refractivity contribution in [3.05, 3.63) is 0 Å². The largest absolute Gasteiger partial charge is 0.303 e. The molecule has 0 aliphatic rings. The van der Waals surface area contributed by atoms with Gasteiger partial charge in [-0.05, 0) is 26.3 Å². The normalized spacial score (nSPS) is 17.9. The maximum absolute atomic E-state index is 11.0. The van der Waals surface area contributed by atoms with Crippen LogP contribution in [0.5, 0.6) is 0 Å². The fourth-order valence-corrected chi connectivity index (χ4v) is 1.53. The smallest absolute Gasteiger partial charge is 0.127 e. The van der Waals surface area contributed by atoms with Crippen LogP contribution in [0.15, 0.2) is 0 Å². The number of aldehydes is 1. The molecule has 2 nitrogen and oxygen atoms in total. The van der Waals surface area contributed by atoms with Gasteiger partial charge in [-0.3, -0.25) is 4.90 Å². The molecule has 0 aliphatic carbocycles. The molecular formula is C12H25NO. The number of nitrogens with zero attached hydrogens (tertiary/aromatic N) is 1. The minimum atomic E-state index is -0.167. The summed E-state index contributed by atoms with van der Waals surface area (Å²) in [4.78, 5) is 13.4. The number of hydrogen-bond donors (Lipinski definition) is 0. The predicted molar refractivity (Wildman–Crippen MR) is 61.5 cm³/mol. The Morgan fingerprint density at radius 3 is 2.21 bits per heavy atom. The van der Waals surface area contributed by atoms with Crippen LogP contribution in [0.3, 0.4) is 0 Å². The Bertz CT molecular complexity index is 170. The molecule has 2 atom stereocenters. The van der Waals surface area contributed by atoms with E-state index in [1.165, 1.54) is 0 Å². The van der Waals surface area contributed by atoms with Crippen molar-refractivity contribution in [2.24, 2.45) is 5.41 Å². The first-order valence-corrected chi connectivity index (χ1v) is 5.73. The highest BCUT2D eigenvalue weighted by molar-refractivity contribution is 5.58. The number of hydrogen-bond acceptors (Lipinski definition) is 2. The third kappa shape index (κ3) is 3.79. The second-order valence-corrected chi connectivity index (χ2v) is 4.45. The SMILES string of the molecule is CCC(C)N(CC)CC(C)(C=O)CC. The molecule has 0 aliphatic heterocycles. The molecular weight excluding hydrogens is 174 g/mol. The van der Waals surface area contributed by atoms with Crippen molar-refractivity contribution in [1.29, 1.82) is 0 Å². The molecule has 2 unspecified atom stereocenters. The van der Waals surface area contributed by atoms with Crippen LogP contribution in [-0.4, -0.2) is 30.3 Å². The number of carbonyl (C=O) groups is 1. The molecule has 0 bridgehead atoms. The Balaban J connectivity index is 4.35. The summed E-state index contributed by atoms with van der Waals surface area (Å²) < 4.78 is 0. The van der Waals surface area contributed by atoms with E-state index in [0.29, 0.717) is 6.04 Å². The topological polar surface area (TPSA) is 20.3 Å². The standard InChI is InChI=1S/C12H25NO/c1-6-11(4)13(8-3)9-12(5,7-2)10-14/h10-11H,6-9H2,1-5H3. The van der Waals surface area contributed by atoms with E-state index in [1.54, 1.807) is 0 Å². The summed E-state index contributed by atoms with van der Waals surface area (Å²) in [6.45, 7) is 12.6. The molecule has 0 aromatic rings. The second kappa shape index (κ2) is 6.18. The molecule has 0 radical (unpaired) electrons. The van der Waals surface area contributed by atoms with Gasteiger partial charge in [-0.2, -0.15) is 0 Å². The van der Waals surface area contributed by atoms with Gasteiger partial charge in [0.2, 0.25) is 0 Å². The van der Waals surface area contributed by atoms with E-state index in [4.69, 9.17) is 0 Å². The van der Waals surface area contributed by atoms with Crippen molar-refractivity contribution in [2.75, 3.05) is 13.1 Å². The third-order valence-corrected chi connectivity index (χ3v) is 3.28. The summed E-state index contributed by atoms with van der Waals surface area (Å²) in [6.07, 6.45) is 3.17. The average molecular weight is 199 g/mol. The van der Waals surface area contributed by atoms with Crippen LogP contribution in [0.4, 0.5) is 0 Å². The third-order valence-electron chi connectivity index (χ3n) is 3.28. The predicted octanol–water partition coefficient (Wildman–Crippen LogP) is 2.72. The molecule has 2 heteroatoms. The van der Waals surface area contributed by atoms with Gasteiger partial charge in [0.25, 0.3) is 0 Å². The minimum absolute atomic E-state index is 0.167. The molecule has 84 valence electrons. The second-order valence-electron chi connectivity index (χ2n) is 4.45. The highest BCUT2D eigenvalue weighted by Gasteiger charge is 2.25. The summed E-state index contributed by atoms with van der Waals surface area (Å²) >= 11 is 0. The van der Waals surface area contributed by atoms with Crippen LogP contribution in [0.2, 0.25) is 0 Å². The van der Waals surface area contributed by atoms with E-state index in [1.807, 2.05) is 6.92 Å². The summed E-state index contributed by atoms with van der Waals surface area (Å²) in [5.41, 5.74) is -0.167. The lowest BCUT2D eigenvalue weighted by atomic mass is 9.88. The molecule has 0 aromatic carbocycles. The molecule has 14 heavy (non-hydrogen) atoms. The summed E-state index contributed by atoms with van der Waals surface area (Å²) in [7, 11) is 0. The lowest BCUT2D eigenvalue weighted by Gasteiger charge is -2.34. The molecule has 0 heterocycles. The molecule has 0 amide bonds. The number of carbonyl (C=O) groups excluding carboxylic acids is 1. The van der Waals surface area contributed by atoms with Gasteiger partial charge in [-0.1, -0.05) is 27.7 Å². The van der Waals surface area contributed by atoms with Gasteiger partial charge in [-0.15, -0.1) is 0 Å². The zero-order valence-corrected chi connectivity index (χ0v) is 10.3. The van der Waals surface area contributed by atoms with Crippen molar-refractivity contribution in [2.45, 2.75) is 53.5 Å². The first kappa shape index (κ1) is 13.6. The van der Waals surface area contributed by atoms with Crippen molar-refractivity contribution in [3.63, 3.8) is 0 Å². The van der Waals surface area contributed by atoms with Gasteiger partial charge in [0, 0.05) is 18.0 Å². The molecule has 0 spiro atoms. The van der Waals surface area contributed by atoms with Crippen LogP contribution in [0.1, 0.15) is 47.5 Å². The van der Waals surface area contributed by atoms with E-state index >= 15 is 0 Å². The van der Waals surface area contributed by atoms with E-state index in [0.717, 1.165) is 32.2 Å². The lowest BCUT2D eigenvalue weighted by molar-refractivity contribution is -0.116. The Morgan fingerprint density at radius 2 is 1.93 bits per heavy atom. The molecule has 0 fully saturated rings. The van der Waals surface area contributed by atoms with Crippen LogP contribution in [0, 0.1) is 5.41 Å². The summed E-state index contributed by atoms with van der Waals surface area (Å²) in [5.74, 6) is 0. The van der Waals surface area contributed by atoms with Crippen LogP contribution >= 0.6 is 0 Å². The molecule has 0 N–H and O–H groups in total. The Kier molecular flexibility index (Phi) is 6.01. The average Bonchev–Trinajstić information content (AvgIpc) is 2.24. The highest BCUT2D eigenvalue weighted by atomic mass is 16.1. The van der Waals surface area contributed by atoms with Gasteiger partial charge in [0.15, 0.2) is 0 Å². The zero-order chi connectivity index (χ0) is 11.2. The van der Waals surface area contributed by atoms with Crippen molar-refractivity contribution in [3.8, 4) is 0 Å². The Labute approximate surface area is 88.7 Å². The highest BCUT2D eigenvalue weighted by Crippen LogP contribution is 2.21. The maximum Gasteiger partial charge on any atom is 0.127 e. The molecule has 0 saturated carbocycles. The van der Waals surface area contributed by atoms with Gasteiger partial charge < -0.3 is 4.79 Å². The maximum atomic E-state index is 11.0. The van der Waals surface area contributed by atoms with E-state index in [2.05, 4.69) is 32.6 Å². The summed E-state index contributed by atoms with van der Waals surface area (Å²) in [5, 5.41) is 0. The monoisotopic (exact) mass is 199 g/mol. The lowest BCUT2D eigenvalue weighted by Crippen LogP contribution is -2.41. The zero-order valence-electron chi connectivity index (χ0n) is 10.3. The van der Waals surface area contributed by atoms with Gasteiger partial charge in [0.05, 0.1) is 0 Å². The van der Waals surface area contributed by atoms with E-state index in [9.17, 15) is 4.79 Å². The first-order chi connectivity index (χ1) is 6.52. The molecule has 0 saturated heterocycles. The summed E-state index contributed by atoms with van der Waals surface area (Å²) in [6, 6.07) is 0.575. The van der Waals surface area contributed by atoms with Gasteiger partial charge in [-0.25, -0.2) is 0 Å². The Morgan fingerprint density at radius 1 is 1.36 bits per heavy atom. The minimum Gasteiger partial charge on any atom is -0.303 e. The number of rotatable bonds is 7. The van der Waals surface area contributed by atoms with Crippen molar-refractivity contribution < 1.29 is 4.79 Å². The Hall–Kier alpha value is -0.370. The van der Waals surface area contributed by atoms with Gasteiger partial charge >= 0.3 is 0 Å². The van der Waals surface area contributed by atoms with Gasteiger partial charge in [0.1, 0.15) is 6.29 Å². The fraction of sp³-hybridized carbons (Fsp3) is 0.917. The van der Waals surface area contributed by atoms with Crippen LogP contribution < -0.4 is 0 Å². The molecule has 0 rings (SSSR count). The van der Waals surface area contributed by atoms with Crippen molar-refractivity contribution >= 4 is 6.29 Å². The van der Waals surface area contributed by atoms with E-state index in [-0.39, 0.29) is 5.41 Å². The quantitative estimate of drug-likeness (QED) is 0.588. The fourth-order valence-electron chi connectivity index (χ4n) is 1.53. The van der Waals surface area contributed by atoms with Crippen LogP contribution in [-0.2, 0) is 4.79 Å². The van der Waals surface area contributed by atoms with E-state index < -0.39 is 0 Å². The van der Waals surface area contributed by atoms with Crippen molar-refractivity contribution in [1.82, 2.24) is 4.90 Å². The first-order valence-electron chi connectivity index (χ1n) is 5.73. The molecule has 0 aromatic heterocycles.